The van der Waals surface area contributed by atoms with Crippen LogP contribution in [-0.4, -0.2) is 13.0 Å². The molecular formula is C15H18N2OS. The number of hydrogen-bond acceptors (Lipinski definition) is 3. The van der Waals surface area contributed by atoms with E-state index in [1.54, 1.807) is 11.3 Å². The number of aryl methyl sites for hydroxylation is 1. The van der Waals surface area contributed by atoms with Gasteiger partial charge in [0.15, 0.2) is 0 Å². The summed E-state index contributed by atoms with van der Waals surface area (Å²) in [7, 11) is 1.89. The molecule has 0 aliphatic heterocycles. The Morgan fingerprint density at radius 2 is 1.95 bits per heavy atom. The van der Waals surface area contributed by atoms with E-state index in [1.165, 1.54) is 5.56 Å². The molecule has 2 N–H and O–H groups in total. The van der Waals surface area contributed by atoms with Crippen LogP contribution in [0.3, 0.4) is 0 Å². The Morgan fingerprint density at radius 1 is 1.16 bits per heavy atom. The van der Waals surface area contributed by atoms with E-state index in [1.807, 2.05) is 36.7 Å². The Bertz CT molecular complexity index is 505. The summed E-state index contributed by atoms with van der Waals surface area (Å²) in [5, 5.41) is 10.1. The minimum absolute atomic E-state index is 0.101. The largest absolute Gasteiger partial charge is 0.388 e. The van der Waals surface area contributed by atoms with Gasteiger partial charge >= 0.3 is 0 Å². The summed E-state index contributed by atoms with van der Waals surface area (Å²) in [6.45, 7) is 0.590. The summed E-state index contributed by atoms with van der Waals surface area (Å²) in [5.74, 6) is 0.101. The summed E-state index contributed by atoms with van der Waals surface area (Å²) in [4.78, 5) is 11.7. The summed E-state index contributed by atoms with van der Waals surface area (Å²) in [6, 6.07) is 10.1. The summed E-state index contributed by atoms with van der Waals surface area (Å²) >= 11 is 1.67. The predicted molar refractivity (Wildman–Crippen MR) is 80.5 cm³/mol. The number of nitrogens with one attached hydrogen (secondary N) is 2. The first-order valence-corrected chi connectivity index (χ1v) is 7.26. The van der Waals surface area contributed by atoms with Gasteiger partial charge in [-0.3, -0.25) is 4.79 Å². The van der Waals surface area contributed by atoms with Crippen molar-refractivity contribution in [2.45, 2.75) is 19.4 Å². The molecule has 19 heavy (non-hydrogen) atoms. The highest BCUT2D eigenvalue weighted by molar-refractivity contribution is 7.07. The van der Waals surface area contributed by atoms with Crippen molar-refractivity contribution in [3.63, 3.8) is 0 Å². The number of rotatable bonds is 6. The molecule has 0 spiro atoms. The molecule has 2 rings (SSSR count). The molecule has 0 fully saturated rings. The van der Waals surface area contributed by atoms with Gasteiger partial charge in [0.25, 0.3) is 0 Å². The second kappa shape index (κ2) is 6.95. The van der Waals surface area contributed by atoms with Crippen LogP contribution >= 0.6 is 11.3 Å². The van der Waals surface area contributed by atoms with Gasteiger partial charge < -0.3 is 10.6 Å². The van der Waals surface area contributed by atoms with E-state index in [-0.39, 0.29) is 5.91 Å². The van der Waals surface area contributed by atoms with Crippen molar-refractivity contribution in [3.8, 4) is 0 Å². The van der Waals surface area contributed by atoms with Crippen LogP contribution in [0.25, 0.3) is 0 Å². The third-order valence-electron chi connectivity index (χ3n) is 2.95. The van der Waals surface area contributed by atoms with E-state index >= 15 is 0 Å². The van der Waals surface area contributed by atoms with Crippen LogP contribution in [0.1, 0.15) is 17.5 Å². The van der Waals surface area contributed by atoms with Crippen LogP contribution in [0.4, 0.5) is 5.69 Å². The van der Waals surface area contributed by atoms with E-state index in [0.29, 0.717) is 13.0 Å². The lowest BCUT2D eigenvalue weighted by atomic mass is 10.1. The number of benzene rings is 1. The fourth-order valence-corrected chi connectivity index (χ4v) is 2.47. The fraction of sp³-hybridized carbons (Fsp3) is 0.267. The molecule has 0 atom stereocenters. The van der Waals surface area contributed by atoms with Crippen LogP contribution in [0.2, 0.25) is 0 Å². The molecule has 0 bridgehead atoms. The van der Waals surface area contributed by atoms with Crippen LogP contribution < -0.4 is 10.6 Å². The Labute approximate surface area is 117 Å². The van der Waals surface area contributed by atoms with Crippen molar-refractivity contribution < 1.29 is 4.79 Å². The number of carbonyl (C=O) groups excluding carboxylic acids is 1. The van der Waals surface area contributed by atoms with E-state index in [9.17, 15) is 4.79 Å². The Kier molecular flexibility index (Phi) is 4.98. The average Bonchev–Trinajstić information content (AvgIpc) is 2.96. The standard InChI is InChI=1S/C15H18N2OS/c1-16-14-5-2-12(3-6-14)10-17-15(18)7-4-13-8-9-19-11-13/h2-3,5-6,8-9,11,16H,4,7,10H2,1H3,(H,17,18). The van der Waals surface area contributed by atoms with E-state index < -0.39 is 0 Å². The molecule has 1 amide bonds. The van der Waals surface area contributed by atoms with Gasteiger partial charge in [-0.05, 0) is 46.5 Å². The lowest BCUT2D eigenvalue weighted by Gasteiger charge is -2.06. The Balaban J connectivity index is 1.73. The maximum Gasteiger partial charge on any atom is 0.220 e. The second-order valence-corrected chi connectivity index (χ2v) is 5.14. The predicted octanol–water partition coefficient (Wildman–Crippen LogP) is 3.04. The number of amides is 1. The molecule has 1 heterocycles. The minimum atomic E-state index is 0.101. The van der Waals surface area contributed by atoms with Gasteiger partial charge in [-0.15, -0.1) is 0 Å². The summed E-state index contributed by atoms with van der Waals surface area (Å²) in [6.07, 6.45) is 1.36. The SMILES string of the molecule is CNc1ccc(CNC(=O)CCc2ccsc2)cc1. The van der Waals surface area contributed by atoms with Gasteiger partial charge in [-0.2, -0.15) is 11.3 Å². The highest BCUT2D eigenvalue weighted by Gasteiger charge is 2.02. The monoisotopic (exact) mass is 274 g/mol. The molecule has 0 aliphatic carbocycles. The quantitative estimate of drug-likeness (QED) is 0.850. The lowest BCUT2D eigenvalue weighted by molar-refractivity contribution is -0.121. The van der Waals surface area contributed by atoms with Crippen molar-refractivity contribution in [3.05, 3.63) is 52.2 Å². The van der Waals surface area contributed by atoms with Crippen molar-refractivity contribution in [1.29, 1.82) is 0 Å². The first-order chi connectivity index (χ1) is 9.28. The second-order valence-electron chi connectivity index (χ2n) is 4.36. The third kappa shape index (κ3) is 4.41. The third-order valence-corrected chi connectivity index (χ3v) is 3.69. The molecule has 100 valence electrons. The van der Waals surface area contributed by atoms with Crippen molar-refractivity contribution in [1.82, 2.24) is 5.32 Å². The van der Waals surface area contributed by atoms with Gasteiger partial charge in [0.1, 0.15) is 0 Å². The van der Waals surface area contributed by atoms with Gasteiger partial charge in [-0.25, -0.2) is 0 Å². The molecular weight excluding hydrogens is 256 g/mol. The highest BCUT2D eigenvalue weighted by Crippen LogP contribution is 2.09. The molecule has 1 aromatic carbocycles. The highest BCUT2D eigenvalue weighted by atomic mass is 32.1. The molecule has 0 saturated carbocycles. The van der Waals surface area contributed by atoms with E-state index in [2.05, 4.69) is 22.1 Å². The van der Waals surface area contributed by atoms with E-state index in [0.717, 1.165) is 17.7 Å². The average molecular weight is 274 g/mol. The molecule has 3 nitrogen and oxygen atoms in total. The molecule has 0 unspecified atom stereocenters. The Hall–Kier alpha value is -1.81. The number of carbonyl (C=O) groups is 1. The molecule has 0 saturated heterocycles. The maximum absolute atomic E-state index is 11.7. The van der Waals surface area contributed by atoms with Gasteiger partial charge in [0, 0.05) is 25.7 Å². The fourth-order valence-electron chi connectivity index (χ4n) is 1.77. The van der Waals surface area contributed by atoms with Gasteiger partial charge in [0.05, 0.1) is 0 Å². The molecule has 2 aromatic rings. The normalized spacial score (nSPS) is 10.2. The molecule has 0 aliphatic rings. The first-order valence-electron chi connectivity index (χ1n) is 6.32. The lowest BCUT2D eigenvalue weighted by Crippen LogP contribution is -2.22. The van der Waals surface area contributed by atoms with Crippen molar-refractivity contribution in [2.24, 2.45) is 0 Å². The van der Waals surface area contributed by atoms with Crippen molar-refractivity contribution in [2.75, 3.05) is 12.4 Å². The van der Waals surface area contributed by atoms with E-state index in [4.69, 9.17) is 0 Å². The summed E-state index contributed by atoms with van der Waals surface area (Å²) < 4.78 is 0. The molecule has 1 aromatic heterocycles. The van der Waals surface area contributed by atoms with Crippen molar-refractivity contribution >= 4 is 22.9 Å². The van der Waals surface area contributed by atoms with Gasteiger partial charge in [0.2, 0.25) is 5.91 Å². The zero-order valence-electron chi connectivity index (χ0n) is 11.0. The van der Waals surface area contributed by atoms with Crippen LogP contribution in [0.5, 0.6) is 0 Å². The maximum atomic E-state index is 11.7. The minimum Gasteiger partial charge on any atom is -0.388 e. The topological polar surface area (TPSA) is 41.1 Å². The number of hydrogen-bond donors (Lipinski definition) is 2. The Morgan fingerprint density at radius 3 is 2.58 bits per heavy atom. The molecule has 0 radical (unpaired) electrons. The van der Waals surface area contributed by atoms with Crippen LogP contribution in [-0.2, 0) is 17.8 Å². The first kappa shape index (κ1) is 13.6. The zero-order valence-corrected chi connectivity index (χ0v) is 11.8. The number of thiophene rings is 1. The summed E-state index contributed by atoms with van der Waals surface area (Å²) in [5.41, 5.74) is 3.42. The van der Waals surface area contributed by atoms with Crippen LogP contribution in [0, 0.1) is 0 Å². The van der Waals surface area contributed by atoms with Crippen LogP contribution in [0.15, 0.2) is 41.1 Å². The zero-order chi connectivity index (χ0) is 13.5. The number of anilines is 1. The smallest absolute Gasteiger partial charge is 0.220 e. The van der Waals surface area contributed by atoms with Gasteiger partial charge in [-0.1, -0.05) is 12.1 Å². The molecule has 4 heteroatoms.